The maximum Gasteiger partial charge on any atom is 0.228 e. The number of nitrogens with zero attached hydrogens (tertiary/aromatic N) is 2. The van der Waals surface area contributed by atoms with E-state index in [1.54, 1.807) is 4.68 Å². The van der Waals surface area contributed by atoms with E-state index in [2.05, 4.69) is 10.4 Å². The fourth-order valence-electron chi connectivity index (χ4n) is 3.82. The summed E-state index contributed by atoms with van der Waals surface area (Å²) in [6, 6.07) is 5.97. The van der Waals surface area contributed by atoms with Crippen molar-refractivity contribution in [2.24, 2.45) is 5.92 Å². The van der Waals surface area contributed by atoms with Gasteiger partial charge >= 0.3 is 0 Å². The molecule has 0 radical (unpaired) electrons. The predicted octanol–water partition coefficient (Wildman–Crippen LogP) is 3.05. The second kappa shape index (κ2) is 6.23. The number of rotatable bonds is 3. The van der Waals surface area contributed by atoms with Gasteiger partial charge in [0.1, 0.15) is 5.82 Å². The third kappa shape index (κ3) is 3.05. The number of carbonyl (C=O) groups excluding carboxylic acids is 1. The van der Waals surface area contributed by atoms with Gasteiger partial charge in [-0.25, -0.2) is 13.1 Å². The largest absolute Gasteiger partial charge is 0.310 e. The van der Waals surface area contributed by atoms with Crippen LogP contribution in [0.4, 0.5) is 5.82 Å². The molecule has 1 aliphatic carbocycles. The van der Waals surface area contributed by atoms with Crippen LogP contribution < -0.4 is 5.32 Å². The number of hydrogen-bond acceptors (Lipinski definition) is 4. The van der Waals surface area contributed by atoms with Crippen LogP contribution in [0.3, 0.4) is 0 Å². The SMILES string of the molecule is Cc1ccc(-n2nc3c(c2NC(=O)C2CCCC2)CS(=O)(=O)C3)cc1C. The number of carbonyl (C=O) groups is 1. The molecule has 2 aliphatic rings. The van der Waals surface area contributed by atoms with Crippen molar-refractivity contribution in [2.75, 3.05) is 5.32 Å². The molecule has 138 valence electrons. The van der Waals surface area contributed by atoms with Gasteiger partial charge in [0.2, 0.25) is 5.91 Å². The van der Waals surface area contributed by atoms with E-state index in [0.29, 0.717) is 17.1 Å². The van der Waals surface area contributed by atoms with Crippen molar-refractivity contribution < 1.29 is 13.2 Å². The van der Waals surface area contributed by atoms with Gasteiger partial charge in [0.25, 0.3) is 0 Å². The second-order valence-corrected chi connectivity index (χ2v) is 9.52. The zero-order chi connectivity index (χ0) is 18.5. The summed E-state index contributed by atoms with van der Waals surface area (Å²) in [4.78, 5) is 12.7. The summed E-state index contributed by atoms with van der Waals surface area (Å²) >= 11 is 0. The van der Waals surface area contributed by atoms with Crippen LogP contribution in [0.5, 0.6) is 0 Å². The van der Waals surface area contributed by atoms with E-state index in [9.17, 15) is 13.2 Å². The minimum atomic E-state index is -3.18. The average Bonchev–Trinajstić information content (AvgIpc) is 3.26. The predicted molar refractivity (Wildman–Crippen MR) is 100.0 cm³/mol. The lowest BCUT2D eigenvalue weighted by Gasteiger charge is -2.14. The van der Waals surface area contributed by atoms with E-state index in [0.717, 1.165) is 36.9 Å². The monoisotopic (exact) mass is 373 g/mol. The lowest BCUT2D eigenvalue weighted by Crippen LogP contribution is -2.23. The molecule has 1 amide bonds. The van der Waals surface area contributed by atoms with Crippen molar-refractivity contribution in [2.45, 2.75) is 51.0 Å². The molecule has 6 nitrogen and oxygen atoms in total. The van der Waals surface area contributed by atoms with Crippen molar-refractivity contribution in [3.05, 3.63) is 40.6 Å². The molecular weight excluding hydrogens is 350 g/mol. The summed E-state index contributed by atoms with van der Waals surface area (Å²) in [6.07, 6.45) is 3.93. The average molecular weight is 373 g/mol. The first-order chi connectivity index (χ1) is 12.3. The molecule has 0 spiro atoms. The van der Waals surface area contributed by atoms with E-state index in [1.165, 1.54) is 5.56 Å². The Morgan fingerprint density at radius 1 is 1.15 bits per heavy atom. The van der Waals surface area contributed by atoms with Gasteiger partial charge in [0.05, 0.1) is 22.9 Å². The Morgan fingerprint density at radius 3 is 2.58 bits per heavy atom. The van der Waals surface area contributed by atoms with Crippen molar-refractivity contribution >= 4 is 21.6 Å². The Hall–Kier alpha value is -2.15. The molecular formula is C19H23N3O3S. The first kappa shape index (κ1) is 17.3. The number of aryl methyl sites for hydroxylation is 2. The second-order valence-electron chi connectivity index (χ2n) is 7.46. The van der Waals surface area contributed by atoms with Crippen LogP contribution in [0.2, 0.25) is 0 Å². The van der Waals surface area contributed by atoms with Gasteiger partial charge in [-0.15, -0.1) is 0 Å². The fraction of sp³-hybridized carbons (Fsp3) is 0.474. The maximum absolute atomic E-state index is 12.7. The molecule has 0 saturated heterocycles. The standard InChI is InChI=1S/C19H23N3O3S/c1-12-7-8-15(9-13(12)2)22-18(20-19(23)14-5-3-4-6-14)16-10-26(24,25)11-17(16)21-22/h7-9,14H,3-6,10-11H2,1-2H3,(H,20,23). The summed E-state index contributed by atoms with van der Waals surface area (Å²) in [5, 5.41) is 7.53. The van der Waals surface area contributed by atoms with E-state index in [4.69, 9.17) is 0 Å². The molecule has 1 aliphatic heterocycles. The molecule has 7 heteroatoms. The Bertz CT molecular complexity index is 986. The number of nitrogens with one attached hydrogen (secondary N) is 1. The van der Waals surface area contributed by atoms with E-state index >= 15 is 0 Å². The highest BCUT2D eigenvalue weighted by atomic mass is 32.2. The number of aromatic nitrogens is 2. The Balaban J connectivity index is 1.76. The molecule has 1 N–H and O–H groups in total. The zero-order valence-corrected chi connectivity index (χ0v) is 15.9. The molecule has 0 unspecified atom stereocenters. The topological polar surface area (TPSA) is 81.1 Å². The van der Waals surface area contributed by atoms with Crippen LogP contribution in [0, 0.1) is 19.8 Å². The molecule has 0 atom stereocenters. The molecule has 0 bridgehead atoms. The summed E-state index contributed by atoms with van der Waals surface area (Å²) in [5.41, 5.74) is 4.31. The molecule has 1 saturated carbocycles. The van der Waals surface area contributed by atoms with Gasteiger partial charge in [0.15, 0.2) is 9.84 Å². The van der Waals surface area contributed by atoms with Crippen molar-refractivity contribution in [1.82, 2.24) is 9.78 Å². The summed E-state index contributed by atoms with van der Waals surface area (Å²) in [7, 11) is -3.18. The lowest BCUT2D eigenvalue weighted by molar-refractivity contribution is -0.119. The quantitative estimate of drug-likeness (QED) is 0.897. The molecule has 4 rings (SSSR count). The smallest absolute Gasteiger partial charge is 0.228 e. The minimum absolute atomic E-state index is 0.00626. The maximum atomic E-state index is 12.7. The highest BCUT2D eigenvalue weighted by Crippen LogP contribution is 2.34. The highest BCUT2D eigenvalue weighted by Gasteiger charge is 2.34. The van der Waals surface area contributed by atoms with Gasteiger partial charge in [0, 0.05) is 11.5 Å². The number of benzene rings is 1. The van der Waals surface area contributed by atoms with Crippen LogP contribution in [-0.2, 0) is 26.1 Å². The Kier molecular flexibility index (Phi) is 4.14. The number of amides is 1. The summed E-state index contributed by atoms with van der Waals surface area (Å²) in [5.74, 6) is 0.368. The van der Waals surface area contributed by atoms with Gasteiger partial charge in [-0.2, -0.15) is 5.10 Å². The molecule has 26 heavy (non-hydrogen) atoms. The third-order valence-corrected chi connectivity index (χ3v) is 6.93. The van der Waals surface area contributed by atoms with E-state index in [1.807, 2.05) is 32.0 Å². The number of fused-ring (bicyclic) bond motifs is 1. The fourth-order valence-corrected chi connectivity index (χ4v) is 5.32. The molecule has 2 aromatic rings. The van der Waals surface area contributed by atoms with Crippen molar-refractivity contribution in [3.63, 3.8) is 0 Å². The van der Waals surface area contributed by atoms with E-state index < -0.39 is 9.84 Å². The van der Waals surface area contributed by atoms with Crippen LogP contribution in [0.25, 0.3) is 5.69 Å². The highest BCUT2D eigenvalue weighted by molar-refractivity contribution is 7.90. The molecule has 1 aromatic carbocycles. The van der Waals surface area contributed by atoms with Crippen molar-refractivity contribution in [3.8, 4) is 5.69 Å². The minimum Gasteiger partial charge on any atom is -0.310 e. The first-order valence-electron chi connectivity index (χ1n) is 9.04. The van der Waals surface area contributed by atoms with Crippen LogP contribution in [-0.4, -0.2) is 24.1 Å². The van der Waals surface area contributed by atoms with Gasteiger partial charge in [-0.1, -0.05) is 18.9 Å². The van der Waals surface area contributed by atoms with Crippen LogP contribution in [0.15, 0.2) is 18.2 Å². The van der Waals surface area contributed by atoms with Gasteiger partial charge < -0.3 is 5.32 Å². The van der Waals surface area contributed by atoms with Crippen molar-refractivity contribution in [1.29, 1.82) is 0 Å². The van der Waals surface area contributed by atoms with Gasteiger partial charge in [-0.05, 0) is 49.9 Å². The lowest BCUT2D eigenvalue weighted by atomic mass is 10.1. The normalized spacial score (nSPS) is 18.8. The van der Waals surface area contributed by atoms with Crippen LogP contribution >= 0.6 is 0 Å². The zero-order valence-electron chi connectivity index (χ0n) is 15.1. The van der Waals surface area contributed by atoms with Gasteiger partial charge in [-0.3, -0.25) is 4.79 Å². The third-order valence-electron chi connectivity index (χ3n) is 5.49. The summed E-state index contributed by atoms with van der Waals surface area (Å²) in [6.45, 7) is 4.06. The van der Waals surface area contributed by atoms with E-state index in [-0.39, 0.29) is 23.3 Å². The Morgan fingerprint density at radius 2 is 1.88 bits per heavy atom. The molecule has 1 fully saturated rings. The van der Waals surface area contributed by atoms with Crippen LogP contribution in [0.1, 0.15) is 48.1 Å². The molecule has 2 heterocycles. The Labute approximate surface area is 153 Å². The number of hydrogen-bond donors (Lipinski definition) is 1. The first-order valence-corrected chi connectivity index (χ1v) is 10.9. The number of sulfone groups is 1. The molecule has 1 aromatic heterocycles. The summed E-state index contributed by atoms with van der Waals surface area (Å²) < 4.78 is 25.7. The number of anilines is 1.